The van der Waals surface area contributed by atoms with Gasteiger partial charge in [-0.15, -0.1) is 0 Å². The normalized spacial score (nSPS) is 11.4. The summed E-state index contributed by atoms with van der Waals surface area (Å²) in [5, 5.41) is 0. The van der Waals surface area contributed by atoms with E-state index >= 15 is 0 Å². The minimum atomic E-state index is -4.05. The van der Waals surface area contributed by atoms with Crippen molar-refractivity contribution < 1.29 is 26.9 Å². The van der Waals surface area contributed by atoms with Crippen LogP contribution in [0.1, 0.15) is 11.1 Å². The predicted octanol–water partition coefficient (Wildman–Crippen LogP) is 3.72. The monoisotopic (exact) mass is 440 g/mol. The molecular weight excluding hydrogens is 424 g/mol. The summed E-state index contributed by atoms with van der Waals surface area (Å²) in [6.45, 7) is 1.85. The van der Waals surface area contributed by atoms with E-state index in [0.29, 0.717) is 10.0 Å². The van der Waals surface area contributed by atoms with Gasteiger partial charge in [-0.05, 0) is 64.3 Å². The van der Waals surface area contributed by atoms with Gasteiger partial charge < -0.3 is 13.7 Å². The van der Waals surface area contributed by atoms with E-state index in [-0.39, 0.29) is 16.4 Å². The topological polar surface area (TPSA) is 78.9 Å². The molecule has 0 saturated heterocycles. The molecule has 2 rings (SSSR count). The van der Waals surface area contributed by atoms with Crippen LogP contribution in [-0.2, 0) is 19.6 Å². The van der Waals surface area contributed by atoms with E-state index in [1.54, 1.807) is 24.3 Å². The molecule has 0 fully saturated rings. The number of halogens is 1. The van der Waals surface area contributed by atoms with Gasteiger partial charge in [0.15, 0.2) is 11.5 Å². The highest BCUT2D eigenvalue weighted by molar-refractivity contribution is 9.10. The number of methoxy groups -OCH3 is 2. The van der Waals surface area contributed by atoms with Crippen molar-refractivity contribution in [2.24, 2.45) is 0 Å². The number of rotatable bonds is 6. The van der Waals surface area contributed by atoms with Crippen molar-refractivity contribution >= 4 is 38.1 Å². The van der Waals surface area contributed by atoms with Crippen molar-refractivity contribution in [3.8, 4) is 11.5 Å². The van der Waals surface area contributed by atoms with E-state index < -0.39 is 16.1 Å². The van der Waals surface area contributed by atoms with Crippen LogP contribution in [0.15, 0.2) is 51.8 Å². The minimum absolute atomic E-state index is 0.0137. The van der Waals surface area contributed by atoms with Gasteiger partial charge in [0.2, 0.25) is 0 Å². The molecule has 6 nitrogen and oxygen atoms in total. The average Bonchev–Trinajstić information content (AvgIpc) is 2.59. The average molecular weight is 441 g/mol. The summed E-state index contributed by atoms with van der Waals surface area (Å²) >= 11 is 3.24. The Kier molecular flexibility index (Phi) is 6.44. The second-order valence-corrected chi connectivity index (χ2v) is 7.61. The second kappa shape index (κ2) is 8.37. The Hall–Kier alpha value is -2.32. The van der Waals surface area contributed by atoms with Crippen molar-refractivity contribution in [1.29, 1.82) is 0 Å². The molecule has 0 aliphatic carbocycles. The van der Waals surface area contributed by atoms with Crippen molar-refractivity contribution in [2.45, 2.75) is 11.8 Å². The van der Waals surface area contributed by atoms with Gasteiger partial charge in [0.05, 0.1) is 14.2 Å². The molecule has 2 aromatic rings. The molecule has 0 spiro atoms. The molecular formula is C18H17BrO6S. The number of carbonyl (C=O) groups excluding carboxylic acids is 1. The number of ether oxygens (including phenoxy) is 2. The number of benzene rings is 2. The first-order valence-corrected chi connectivity index (χ1v) is 9.61. The standard InChI is InChI=1S/C18H17BrO6S/c1-12-4-8-17(14(19)10-12)26(21,22)25-15-7-5-13(11-16(15)23-2)6-9-18(20)24-3/h4-11H,1-3H3. The van der Waals surface area contributed by atoms with Crippen LogP contribution in [0.4, 0.5) is 0 Å². The van der Waals surface area contributed by atoms with Gasteiger partial charge in [0, 0.05) is 10.5 Å². The third kappa shape index (κ3) is 4.86. The quantitative estimate of drug-likeness (QED) is 0.386. The lowest BCUT2D eigenvalue weighted by atomic mass is 10.2. The van der Waals surface area contributed by atoms with Gasteiger partial charge in [-0.2, -0.15) is 8.42 Å². The van der Waals surface area contributed by atoms with E-state index in [1.165, 1.54) is 38.5 Å². The van der Waals surface area contributed by atoms with Gasteiger partial charge in [-0.3, -0.25) is 0 Å². The van der Waals surface area contributed by atoms with Gasteiger partial charge in [-0.25, -0.2) is 4.79 Å². The number of aryl methyl sites for hydroxylation is 1. The number of hydrogen-bond acceptors (Lipinski definition) is 6. The smallest absolute Gasteiger partial charge is 0.340 e. The summed E-state index contributed by atoms with van der Waals surface area (Å²) in [5.74, 6) is -0.255. The highest BCUT2D eigenvalue weighted by Crippen LogP contribution is 2.33. The van der Waals surface area contributed by atoms with Crippen LogP contribution < -0.4 is 8.92 Å². The van der Waals surface area contributed by atoms with Crippen LogP contribution in [0.25, 0.3) is 6.08 Å². The van der Waals surface area contributed by atoms with Crippen LogP contribution in [0.5, 0.6) is 11.5 Å². The molecule has 0 aliphatic heterocycles. The van der Waals surface area contributed by atoms with Crippen molar-refractivity contribution in [3.63, 3.8) is 0 Å². The molecule has 0 atom stereocenters. The largest absolute Gasteiger partial charge is 0.493 e. The summed E-state index contributed by atoms with van der Waals surface area (Å²) in [4.78, 5) is 11.2. The molecule has 0 heterocycles. The number of hydrogen-bond donors (Lipinski definition) is 0. The van der Waals surface area contributed by atoms with Crippen LogP contribution in [0.2, 0.25) is 0 Å². The molecule has 0 radical (unpaired) electrons. The third-order valence-electron chi connectivity index (χ3n) is 3.36. The van der Waals surface area contributed by atoms with Crippen molar-refractivity contribution in [1.82, 2.24) is 0 Å². The molecule has 138 valence electrons. The highest BCUT2D eigenvalue weighted by Gasteiger charge is 2.22. The Morgan fingerprint density at radius 3 is 2.42 bits per heavy atom. The maximum atomic E-state index is 12.6. The fraction of sp³-hybridized carbons (Fsp3) is 0.167. The second-order valence-electron chi connectivity index (χ2n) is 5.24. The maximum absolute atomic E-state index is 12.6. The molecule has 8 heteroatoms. The van der Waals surface area contributed by atoms with E-state index in [0.717, 1.165) is 5.56 Å². The van der Waals surface area contributed by atoms with Crippen LogP contribution in [-0.4, -0.2) is 28.6 Å². The Morgan fingerprint density at radius 2 is 1.81 bits per heavy atom. The molecule has 0 unspecified atom stereocenters. The fourth-order valence-electron chi connectivity index (χ4n) is 2.06. The minimum Gasteiger partial charge on any atom is -0.493 e. The van der Waals surface area contributed by atoms with Crippen LogP contribution in [0.3, 0.4) is 0 Å². The summed E-state index contributed by atoms with van der Waals surface area (Å²) < 4.78 is 40.5. The maximum Gasteiger partial charge on any atom is 0.340 e. The van der Waals surface area contributed by atoms with Crippen LogP contribution in [0, 0.1) is 6.92 Å². The summed E-state index contributed by atoms with van der Waals surface area (Å²) in [6, 6.07) is 9.43. The highest BCUT2D eigenvalue weighted by atomic mass is 79.9. The molecule has 0 aliphatic rings. The van der Waals surface area contributed by atoms with E-state index in [9.17, 15) is 13.2 Å². The van der Waals surface area contributed by atoms with E-state index in [2.05, 4.69) is 20.7 Å². The Morgan fingerprint density at radius 1 is 1.08 bits per heavy atom. The first-order valence-electron chi connectivity index (χ1n) is 7.41. The van der Waals surface area contributed by atoms with Gasteiger partial charge in [0.25, 0.3) is 0 Å². The first-order chi connectivity index (χ1) is 12.3. The first kappa shape index (κ1) is 20.0. The summed E-state index contributed by atoms with van der Waals surface area (Å²) in [6.07, 6.45) is 2.76. The molecule has 2 aromatic carbocycles. The van der Waals surface area contributed by atoms with Gasteiger partial charge >= 0.3 is 16.1 Å². The van der Waals surface area contributed by atoms with E-state index in [1.807, 2.05) is 6.92 Å². The fourth-order valence-corrected chi connectivity index (χ4v) is 4.15. The Balaban J connectivity index is 2.33. The summed E-state index contributed by atoms with van der Waals surface area (Å²) in [7, 11) is -1.39. The summed E-state index contributed by atoms with van der Waals surface area (Å²) in [5.41, 5.74) is 1.53. The lowest BCUT2D eigenvalue weighted by Crippen LogP contribution is -2.11. The lowest BCUT2D eigenvalue weighted by molar-refractivity contribution is -0.134. The molecule has 0 N–H and O–H groups in total. The van der Waals surface area contributed by atoms with Gasteiger partial charge in [0.1, 0.15) is 4.90 Å². The van der Waals surface area contributed by atoms with Crippen molar-refractivity contribution in [2.75, 3.05) is 14.2 Å². The number of carbonyl (C=O) groups is 1. The molecule has 0 saturated carbocycles. The predicted molar refractivity (Wildman–Crippen MR) is 101 cm³/mol. The third-order valence-corrected chi connectivity index (χ3v) is 5.57. The molecule has 26 heavy (non-hydrogen) atoms. The van der Waals surface area contributed by atoms with Gasteiger partial charge in [-0.1, -0.05) is 12.1 Å². The Bertz CT molecular complexity index is 950. The zero-order chi connectivity index (χ0) is 19.3. The number of esters is 1. The molecule has 0 bridgehead atoms. The molecule has 0 amide bonds. The lowest BCUT2D eigenvalue weighted by Gasteiger charge is -2.12. The SMILES string of the molecule is COC(=O)C=Cc1ccc(OS(=O)(=O)c2ccc(C)cc2Br)c(OC)c1. The van der Waals surface area contributed by atoms with E-state index in [4.69, 9.17) is 8.92 Å². The Labute approximate surface area is 160 Å². The molecule has 0 aromatic heterocycles. The van der Waals surface area contributed by atoms with Crippen LogP contribution >= 0.6 is 15.9 Å². The van der Waals surface area contributed by atoms with Crippen molar-refractivity contribution in [3.05, 3.63) is 58.1 Å². The zero-order valence-electron chi connectivity index (χ0n) is 14.4. The zero-order valence-corrected chi connectivity index (χ0v) is 16.8.